The van der Waals surface area contributed by atoms with Crippen molar-refractivity contribution >= 4 is 28.5 Å². The molecule has 0 radical (unpaired) electrons. The van der Waals surface area contributed by atoms with Gasteiger partial charge in [-0.05, 0) is 81.2 Å². The number of anilines is 1. The van der Waals surface area contributed by atoms with Crippen molar-refractivity contribution in [3.8, 4) is 11.3 Å². The molecule has 3 aromatic heterocycles. The number of carbonyl (C=O) groups excluding carboxylic acids is 1. The van der Waals surface area contributed by atoms with Gasteiger partial charge in [0.1, 0.15) is 12.6 Å². The predicted octanol–water partition coefficient (Wildman–Crippen LogP) is 4.15. The molecule has 4 aromatic rings. The Bertz CT molecular complexity index is 1480. The molecule has 1 unspecified atom stereocenters. The Morgan fingerprint density at radius 3 is 2.60 bits per heavy atom. The molecule has 0 saturated carbocycles. The predicted molar refractivity (Wildman–Crippen MR) is 159 cm³/mol. The topological polar surface area (TPSA) is 82.0 Å². The van der Waals surface area contributed by atoms with E-state index < -0.39 is 0 Å². The van der Waals surface area contributed by atoms with E-state index in [1.165, 1.54) is 22.0 Å². The molecule has 40 heavy (non-hydrogen) atoms. The average molecular weight is 544 g/mol. The molecule has 2 aliphatic rings. The lowest BCUT2D eigenvalue weighted by Gasteiger charge is -2.34. The Morgan fingerprint density at radius 2 is 1.90 bits per heavy atom. The zero-order chi connectivity index (χ0) is 27.8. The molecule has 9 heteroatoms. The third-order valence-electron chi connectivity index (χ3n) is 8.76. The number of morpholine rings is 1. The number of pyridine rings is 1. The molecule has 0 spiro atoms. The number of carbonyl (C=O) groups is 1. The van der Waals surface area contributed by atoms with Crippen LogP contribution in [0.15, 0.2) is 36.8 Å². The number of hydrogen-bond donors (Lipinski definition) is 1. The number of nitrogens with one attached hydrogen (secondary N) is 1. The number of aromatic nitrogens is 4. The Labute approximate surface area is 236 Å². The Hall–Kier alpha value is -3.27. The van der Waals surface area contributed by atoms with Gasteiger partial charge in [-0.15, -0.1) is 0 Å². The number of aldehydes is 1. The minimum atomic E-state index is -0.0414. The molecule has 1 N–H and O–H groups in total. The monoisotopic (exact) mass is 543 g/mol. The first-order chi connectivity index (χ1) is 19.4. The highest BCUT2D eigenvalue weighted by molar-refractivity contribution is 5.93. The van der Waals surface area contributed by atoms with Gasteiger partial charge >= 0.3 is 0 Å². The largest absolute Gasteiger partial charge is 0.378 e. The minimum absolute atomic E-state index is 0.0414. The third kappa shape index (κ3) is 5.13. The maximum atomic E-state index is 11.5. The first-order valence-corrected chi connectivity index (χ1v) is 14.6. The van der Waals surface area contributed by atoms with E-state index in [4.69, 9.17) is 4.74 Å². The molecular formula is C31H41N7O2. The Balaban J connectivity index is 1.31. The van der Waals surface area contributed by atoms with Gasteiger partial charge in [0.15, 0.2) is 5.65 Å². The summed E-state index contributed by atoms with van der Waals surface area (Å²) in [5, 5.41) is 5.82. The molecule has 2 fully saturated rings. The summed E-state index contributed by atoms with van der Waals surface area (Å²) in [6, 6.07) is 9.22. The average Bonchev–Trinajstić information content (AvgIpc) is 3.60. The first kappa shape index (κ1) is 26.9. The lowest BCUT2D eigenvalue weighted by molar-refractivity contribution is -0.112. The van der Waals surface area contributed by atoms with Gasteiger partial charge in [0, 0.05) is 42.3 Å². The van der Waals surface area contributed by atoms with Crippen LogP contribution in [0.5, 0.6) is 0 Å². The van der Waals surface area contributed by atoms with E-state index in [2.05, 4.69) is 69.2 Å². The van der Waals surface area contributed by atoms with Crippen molar-refractivity contribution in [2.75, 3.05) is 64.9 Å². The fourth-order valence-electron chi connectivity index (χ4n) is 6.44. The molecule has 5 heterocycles. The summed E-state index contributed by atoms with van der Waals surface area (Å²) in [6.07, 6.45) is 7.03. The summed E-state index contributed by atoms with van der Waals surface area (Å²) in [7, 11) is 3.96. The van der Waals surface area contributed by atoms with Crippen molar-refractivity contribution in [3.63, 3.8) is 0 Å². The zero-order valence-corrected chi connectivity index (χ0v) is 24.1. The van der Waals surface area contributed by atoms with Crippen molar-refractivity contribution < 1.29 is 9.53 Å². The molecular weight excluding hydrogens is 502 g/mol. The summed E-state index contributed by atoms with van der Waals surface area (Å²) < 4.78 is 7.51. The number of rotatable bonds is 8. The standard InChI is InChI=1S/C31H41N7O2/c1-21(2)29-26-15-23(22-7-9-36(10-8-22)18-25(19-39)35(3)4)5-6-27(26)34-30(29)24-16-28(37-11-13-40-14-12-37)31-32-20-33-38(31)17-24/h5-6,15-17,19-22,25,34H,7-14,18H2,1-4H3. The van der Waals surface area contributed by atoms with Crippen molar-refractivity contribution in [2.45, 2.75) is 44.6 Å². The third-order valence-corrected chi connectivity index (χ3v) is 8.76. The highest BCUT2D eigenvalue weighted by Gasteiger charge is 2.25. The van der Waals surface area contributed by atoms with Crippen LogP contribution in [0.1, 0.15) is 49.7 Å². The number of nitrogens with zero attached hydrogens (tertiary/aromatic N) is 6. The lowest BCUT2D eigenvalue weighted by atomic mass is 9.87. The fraction of sp³-hybridized carbons (Fsp3) is 0.516. The van der Waals surface area contributed by atoms with Crippen LogP contribution in [0.4, 0.5) is 5.69 Å². The number of aromatic amines is 1. The molecule has 0 aliphatic carbocycles. The number of benzene rings is 1. The van der Waals surface area contributed by atoms with Gasteiger partial charge in [0.05, 0.1) is 30.6 Å². The second kappa shape index (κ2) is 11.3. The second-order valence-corrected chi connectivity index (χ2v) is 11.9. The Morgan fingerprint density at radius 1 is 1.12 bits per heavy atom. The fourth-order valence-corrected chi connectivity index (χ4v) is 6.44. The second-order valence-electron chi connectivity index (χ2n) is 11.9. The molecule has 1 aromatic carbocycles. The van der Waals surface area contributed by atoms with Gasteiger partial charge in [-0.2, -0.15) is 5.10 Å². The number of hydrogen-bond acceptors (Lipinski definition) is 7. The van der Waals surface area contributed by atoms with Crippen LogP contribution in [0, 0.1) is 0 Å². The van der Waals surface area contributed by atoms with E-state index >= 15 is 0 Å². The maximum Gasteiger partial charge on any atom is 0.178 e. The van der Waals surface area contributed by atoms with Gasteiger partial charge in [-0.1, -0.05) is 19.9 Å². The van der Waals surface area contributed by atoms with Gasteiger partial charge in [-0.3, -0.25) is 4.90 Å². The van der Waals surface area contributed by atoms with Gasteiger partial charge < -0.3 is 24.3 Å². The smallest absolute Gasteiger partial charge is 0.178 e. The zero-order valence-electron chi connectivity index (χ0n) is 24.1. The Kier molecular flexibility index (Phi) is 7.61. The molecule has 9 nitrogen and oxygen atoms in total. The number of ether oxygens (including phenoxy) is 1. The van der Waals surface area contributed by atoms with Crippen molar-refractivity contribution in [2.24, 2.45) is 0 Å². The van der Waals surface area contributed by atoms with Crippen molar-refractivity contribution in [3.05, 3.63) is 47.9 Å². The first-order valence-electron chi connectivity index (χ1n) is 14.6. The molecule has 6 rings (SSSR count). The molecule has 2 aliphatic heterocycles. The highest BCUT2D eigenvalue weighted by Crippen LogP contribution is 2.39. The molecule has 212 valence electrons. The van der Waals surface area contributed by atoms with Crippen LogP contribution in [0.3, 0.4) is 0 Å². The number of H-pyrrole nitrogens is 1. The van der Waals surface area contributed by atoms with E-state index in [0.29, 0.717) is 11.8 Å². The van der Waals surface area contributed by atoms with Crippen LogP contribution < -0.4 is 4.90 Å². The quantitative estimate of drug-likeness (QED) is 0.335. The van der Waals surface area contributed by atoms with Gasteiger partial charge in [0.25, 0.3) is 0 Å². The summed E-state index contributed by atoms with van der Waals surface area (Å²) >= 11 is 0. The van der Waals surface area contributed by atoms with E-state index in [1.807, 2.05) is 23.5 Å². The maximum absolute atomic E-state index is 11.5. The van der Waals surface area contributed by atoms with E-state index in [0.717, 1.165) is 87.7 Å². The molecule has 1 atom stereocenters. The van der Waals surface area contributed by atoms with E-state index in [-0.39, 0.29) is 6.04 Å². The van der Waals surface area contributed by atoms with Gasteiger partial charge in [0.2, 0.25) is 0 Å². The molecule has 0 bridgehead atoms. The van der Waals surface area contributed by atoms with Crippen molar-refractivity contribution in [1.29, 1.82) is 0 Å². The number of piperidine rings is 1. The summed E-state index contributed by atoms with van der Waals surface area (Å²) in [5.74, 6) is 0.887. The summed E-state index contributed by atoms with van der Waals surface area (Å²) in [4.78, 5) is 26.6. The SMILES string of the molecule is CC(C)c1c(-c2cc(N3CCOCC3)c3ncnn3c2)[nH]c2ccc(C3CCN(CC(C=O)N(C)C)CC3)cc12. The van der Waals surface area contributed by atoms with Crippen LogP contribution in [0.2, 0.25) is 0 Å². The lowest BCUT2D eigenvalue weighted by Crippen LogP contribution is -2.44. The van der Waals surface area contributed by atoms with Crippen LogP contribution >= 0.6 is 0 Å². The van der Waals surface area contributed by atoms with E-state index in [1.54, 1.807) is 6.33 Å². The normalized spacial score (nSPS) is 18.4. The number of fused-ring (bicyclic) bond motifs is 2. The minimum Gasteiger partial charge on any atom is -0.378 e. The van der Waals surface area contributed by atoms with Gasteiger partial charge in [-0.25, -0.2) is 9.50 Å². The summed E-state index contributed by atoms with van der Waals surface area (Å²) in [5.41, 5.74) is 8.21. The number of likely N-dealkylation sites (N-methyl/N-ethyl adjacent to an activating group) is 1. The number of likely N-dealkylation sites (tertiary alicyclic amines) is 1. The van der Waals surface area contributed by atoms with Crippen LogP contribution in [0.25, 0.3) is 27.8 Å². The molecule has 2 saturated heterocycles. The van der Waals surface area contributed by atoms with Crippen molar-refractivity contribution in [1.82, 2.24) is 29.4 Å². The van der Waals surface area contributed by atoms with E-state index in [9.17, 15) is 4.79 Å². The van der Waals surface area contributed by atoms with Crippen LogP contribution in [-0.2, 0) is 9.53 Å². The summed E-state index contributed by atoms with van der Waals surface area (Å²) in [6.45, 7) is 10.6. The van der Waals surface area contributed by atoms with Crippen LogP contribution in [-0.4, -0.2) is 102 Å². The molecule has 0 amide bonds. The highest BCUT2D eigenvalue weighted by atomic mass is 16.5.